The van der Waals surface area contributed by atoms with Crippen LogP contribution in [0.3, 0.4) is 0 Å². The third kappa shape index (κ3) is 13.1. The lowest BCUT2D eigenvalue weighted by molar-refractivity contribution is -0.690. The first kappa shape index (κ1) is 57.7. The van der Waals surface area contributed by atoms with Crippen molar-refractivity contribution < 1.29 is 110 Å². The predicted octanol–water partition coefficient (Wildman–Crippen LogP) is 13.2. The summed E-state index contributed by atoms with van der Waals surface area (Å²) in [6, 6.07) is 3.31. The van der Waals surface area contributed by atoms with Gasteiger partial charge in [-0.05, 0) is 24.3 Å². The van der Waals surface area contributed by atoms with Crippen LogP contribution in [-0.4, -0.2) is 11.1 Å². The second-order valence-corrected chi connectivity index (χ2v) is 15.9. The van der Waals surface area contributed by atoms with E-state index in [0.29, 0.717) is 12.1 Å². The van der Waals surface area contributed by atoms with Crippen LogP contribution in [0, 0.1) is 11.3 Å². The minimum Gasteiger partial charge on any atom is -0.252 e. The molecule has 3 nitrogen and oxygen atoms in total. The molecule has 6 aromatic rings. The van der Waals surface area contributed by atoms with E-state index >= 15 is 0 Å². The number of aromatic nitrogens is 2. The third-order valence-electron chi connectivity index (χ3n) is 10.9. The van der Waals surface area contributed by atoms with Gasteiger partial charge >= 0.3 is 49.4 Å². The second kappa shape index (κ2) is 19.9. The molecule has 74 heavy (non-hydrogen) atoms. The topological polar surface area (TPSA) is 40.6 Å². The van der Waals surface area contributed by atoms with Gasteiger partial charge in [0.25, 0.3) is 0 Å². The molecule has 0 fully saturated rings. The lowest BCUT2D eigenvalue weighted by atomic mass is 9.12. The van der Waals surface area contributed by atoms with Crippen molar-refractivity contribution >= 4 is 33.6 Å². The average Bonchev–Trinajstić information content (AvgIpc) is 3.27. The Balaban J connectivity index is 0.000000500. The van der Waals surface area contributed by atoms with Crippen molar-refractivity contribution in [3.8, 4) is 6.07 Å². The van der Waals surface area contributed by atoms with Crippen LogP contribution in [0.5, 0.6) is 0 Å². The molecular weight excluding hydrogens is 1060 g/mol. The summed E-state index contributed by atoms with van der Waals surface area (Å²) in [6.45, 7) is 4.43. The first-order valence-electron chi connectivity index (χ1n) is 19.9. The molecule has 0 spiro atoms. The molecule has 28 heteroatoms. The molecule has 0 N–H and O–H groups in total. The summed E-state index contributed by atoms with van der Waals surface area (Å²) >= 11 is 0. The number of rotatable bonds is 7. The van der Waals surface area contributed by atoms with Crippen LogP contribution >= 0.6 is 0 Å². The Kier molecular flexibility index (Phi) is 15.5. The first-order chi connectivity index (χ1) is 33.6. The van der Waals surface area contributed by atoms with Crippen molar-refractivity contribution in [3.05, 3.63) is 184 Å². The lowest BCUT2D eigenvalue weighted by Gasteiger charge is -2.46. The maximum Gasteiger partial charge on any atom is 0.416 e. The van der Waals surface area contributed by atoms with Gasteiger partial charge in [0.1, 0.15) is 24.0 Å². The molecule has 0 radical (unpaired) electrons. The highest BCUT2D eigenvalue weighted by molar-refractivity contribution is 7.20. The molecule has 0 bridgehead atoms. The van der Waals surface area contributed by atoms with Gasteiger partial charge in [-0.2, -0.15) is 137 Å². The predicted molar refractivity (Wildman–Crippen MR) is 215 cm³/mol. The summed E-state index contributed by atoms with van der Waals surface area (Å²) in [5, 5.41) is 8.89. The van der Waals surface area contributed by atoms with Crippen LogP contribution in [-0.2, 0) is 56.0 Å². The maximum absolute atomic E-state index is 14.2. The van der Waals surface area contributed by atoms with Gasteiger partial charge in [-0.25, -0.2) is 0 Å². The second-order valence-electron chi connectivity index (χ2n) is 15.9. The Morgan fingerprint density at radius 2 is 0.689 bits per heavy atom. The number of nitriles is 1. The first-order valence-corrected chi connectivity index (χ1v) is 19.9. The van der Waals surface area contributed by atoms with Crippen LogP contribution in [0.1, 0.15) is 55.8 Å². The molecule has 0 saturated carbocycles. The summed E-state index contributed by atoms with van der Waals surface area (Å²) in [4.78, 5) is 4.02. The highest BCUT2D eigenvalue weighted by Crippen LogP contribution is 2.41. The summed E-state index contributed by atoms with van der Waals surface area (Å²) in [6.07, 6.45) is -49.6. The zero-order valence-electron chi connectivity index (χ0n) is 36.0. The van der Waals surface area contributed by atoms with Gasteiger partial charge in [-0.15, -0.1) is 0 Å². The smallest absolute Gasteiger partial charge is 0.252 e. The molecule has 1 aromatic heterocycles. The Hall–Kier alpha value is -7.21. The zero-order valence-corrected chi connectivity index (χ0v) is 36.0. The molecule has 0 atom stereocenters. The van der Waals surface area contributed by atoms with E-state index in [2.05, 4.69) is 17.6 Å². The number of hydrogen-bond acceptors (Lipinski definition) is 2. The Bertz CT molecular complexity index is 2620. The molecule has 6 rings (SSSR count). The van der Waals surface area contributed by atoms with Gasteiger partial charge in [0.05, 0.1) is 50.7 Å². The quantitative estimate of drug-likeness (QED) is 0.0692. The zero-order chi connectivity index (χ0) is 56.0. The standard InChI is InChI=1S/C32H12BF24.C14H12N3/c34-25(35,36)13-1-14(26(37,38)39)6-21(5-13)33(22-7-15(27(40,41)42)2-16(8-22)28(43,44)45,23-9-17(29(46,47)48)3-18(10-23)30(49,50)51)24-11-19(31(52,53)54)4-20(12-24)32(55,56)57;1-12(9-15)14-10-16-7-8-17(14)11-13-5-3-2-4-6-13/h1-12H;2-8,10H,1,11H2/q-1;+1. The van der Waals surface area contributed by atoms with Gasteiger partial charge in [0, 0.05) is 5.56 Å². The molecular formula is C46H24BF24N3. The fourth-order valence-corrected chi connectivity index (χ4v) is 7.68. The number of allylic oxidation sites excluding steroid dienone is 1. The highest BCUT2D eigenvalue weighted by atomic mass is 19.4. The monoisotopic (exact) mass is 1090 g/mol. The van der Waals surface area contributed by atoms with Crippen molar-refractivity contribution in [2.45, 2.75) is 56.0 Å². The van der Waals surface area contributed by atoms with Crippen molar-refractivity contribution in [3.63, 3.8) is 0 Å². The van der Waals surface area contributed by atoms with Crippen LogP contribution < -0.4 is 26.4 Å². The lowest BCUT2D eigenvalue weighted by Crippen LogP contribution is -2.75. The summed E-state index contributed by atoms with van der Waals surface area (Å²) in [5.41, 5.74) is -27.9. The highest BCUT2D eigenvalue weighted by Gasteiger charge is 2.47. The molecule has 0 unspecified atom stereocenters. The van der Waals surface area contributed by atoms with E-state index in [1.54, 1.807) is 12.4 Å². The summed E-state index contributed by atoms with van der Waals surface area (Å²) < 4.78 is 343. The van der Waals surface area contributed by atoms with E-state index < -0.39 is 195 Å². The van der Waals surface area contributed by atoms with Gasteiger partial charge in [-0.3, -0.25) is 4.98 Å². The van der Waals surface area contributed by atoms with Crippen LogP contribution in [0.15, 0.2) is 128 Å². The summed E-state index contributed by atoms with van der Waals surface area (Å²) in [5.74, 6) is 0. The van der Waals surface area contributed by atoms with Crippen molar-refractivity contribution in [2.24, 2.45) is 0 Å². The Morgan fingerprint density at radius 1 is 0.432 bits per heavy atom. The number of benzene rings is 5. The van der Waals surface area contributed by atoms with Gasteiger partial charge in [-0.1, -0.05) is 85.4 Å². The Labute approximate surface area is 399 Å². The Morgan fingerprint density at radius 3 is 0.919 bits per heavy atom. The minimum atomic E-state index is -6.13. The van der Waals surface area contributed by atoms with E-state index in [4.69, 9.17) is 5.26 Å². The van der Waals surface area contributed by atoms with Gasteiger partial charge in [0.2, 0.25) is 5.69 Å². The molecule has 0 saturated heterocycles. The molecule has 0 aliphatic carbocycles. The molecule has 0 aliphatic heterocycles. The third-order valence-corrected chi connectivity index (χ3v) is 10.9. The van der Waals surface area contributed by atoms with E-state index in [1.165, 1.54) is 5.56 Å². The minimum absolute atomic E-state index is 0.425. The maximum atomic E-state index is 14.2. The van der Waals surface area contributed by atoms with Crippen molar-refractivity contribution in [2.75, 3.05) is 0 Å². The van der Waals surface area contributed by atoms with E-state index in [-0.39, 0.29) is 0 Å². The number of alkyl halides is 24. The average molecular weight is 1090 g/mol. The molecule has 5 aromatic carbocycles. The SMILES string of the molecule is C=C(C#N)c1cncc[n+]1Cc1ccccc1.FC(F)(F)c1cc([B-](c2cc(C(F)(F)F)cc(C(F)(F)F)c2)(c2cc(C(F)(F)F)cc(C(F)(F)F)c2)c2cc(C(F)(F)F)cc(C(F)(F)F)c2)cc(C(F)(F)F)c1. The van der Waals surface area contributed by atoms with E-state index in [0.717, 1.165) is 5.69 Å². The number of nitrogens with zero attached hydrogens (tertiary/aromatic N) is 3. The van der Waals surface area contributed by atoms with Crippen LogP contribution in [0.4, 0.5) is 105 Å². The molecule has 394 valence electrons. The van der Waals surface area contributed by atoms with Crippen LogP contribution in [0.25, 0.3) is 5.57 Å². The van der Waals surface area contributed by atoms with E-state index in [1.807, 2.05) is 41.1 Å². The largest absolute Gasteiger partial charge is 0.416 e. The molecule has 0 amide bonds. The van der Waals surface area contributed by atoms with Gasteiger partial charge in [0.15, 0.2) is 12.7 Å². The van der Waals surface area contributed by atoms with Gasteiger partial charge < -0.3 is 0 Å². The fourth-order valence-electron chi connectivity index (χ4n) is 7.68. The van der Waals surface area contributed by atoms with Crippen LogP contribution in [0.2, 0.25) is 0 Å². The van der Waals surface area contributed by atoms with E-state index in [9.17, 15) is 105 Å². The van der Waals surface area contributed by atoms with Crippen molar-refractivity contribution in [1.29, 1.82) is 5.26 Å². The fraction of sp³-hybridized carbons (Fsp3) is 0.196. The number of hydrogen-bond donors (Lipinski definition) is 0. The molecule has 1 heterocycles. The summed E-state index contributed by atoms with van der Waals surface area (Å²) in [7, 11) is 0. The number of halogens is 24. The normalized spacial score (nSPS) is 13.2. The molecule has 0 aliphatic rings. The van der Waals surface area contributed by atoms with Crippen molar-refractivity contribution in [1.82, 2.24) is 4.98 Å².